The summed E-state index contributed by atoms with van der Waals surface area (Å²) in [5, 5.41) is 17.1. The molecule has 1 N–H and O–H groups in total. The largest absolute Gasteiger partial charge is 0.419 e. The van der Waals surface area contributed by atoms with Gasteiger partial charge in [0.2, 0.25) is 5.91 Å². The lowest BCUT2D eigenvalue weighted by Crippen LogP contribution is -2.31. The van der Waals surface area contributed by atoms with Gasteiger partial charge in [0.25, 0.3) is 0 Å². The van der Waals surface area contributed by atoms with Crippen LogP contribution in [0, 0.1) is 17.1 Å². The fourth-order valence-electron chi connectivity index (χ4n) is 4.34. The number of carbonyl (C=O) groups is 1. The van der Waals surface area contributed by atoms with Crippen LogP contribution in [0.2, 0.25) is 0 Å². The van der Waals surface area contributed by atoms with Gasteiger partial charge in [-0.2, -0.15) is 23.5 Å². The summed E-state index contributed by atoms with van der Waals surface area (Å²) in [6, 6.07) is 10.1. The SMILES string of the molecule is C=N/C=C\C(=NCNc1ccnn1C)c1cc(C#N)c2c(c1)CCN2C(=O)Cc1cccc(C(F)(F)F)c1F. The van der Waals surface area contributed by atoms with Crippen molar-refractivity contribution < 1.29 is 22.4 Å². The average molecular weight is 538 g/mol. The number of allylic oxidation sites excluding steroid dienone is 1. The van der Waals surface area contributed by atoms with Crippen LogP contribution in [0.15, 0.2) is 64.9 Å². The third kappa shape index (κ3) is 5.87. The second kappa shape index (κ2) is 11.3. The van der Waals surface area contributed by atoms with E-state index in [0.29, 0.717) is 35.0 Å². The van der Waals surface area contributed by atoms with Crippen LogP contribution in [0.5, 0.6) is 0 Å². The first kappa shape index (κ1) is 27.3. The molecule has 0 unspecified atom stereocenters. The zero-order valence-electron chi connectivity index (χ0n) is 20.8. The summed E-state index contributed by atoms with van der Waals surface area (Å²) in [6.45, 7) is 3.83. The number of fused-ring (bicyclic) bond motifs is 1. The number of anilines is 2. The van der Waals surface area contributed by atoms with Crippen LogP contribution in [-0.4, -0.2) is 41.3 Å². The highest BCUT2D eigenvalue weighted by atomic mass is 19.4. The van der Waals surface area contributed by atoms with Gasteiger partial charge in [-0.1, -0.05) is 12.1 Å². The molecule has 200 valence electrons. The van der Waals surface area contributed by atoms with Crippen molar-refractivity contribution in [2.45, 2.75) is 19.0 Å². The molecule has 2 aromatic carbocycles. The highest BCUT2D eigenvalue weighted by Crippen LogP contribution is 2.35. The fraction of sp³-hybridized carbons (Fsp3) is 0.222. The molecule has 1 amide bonds. The summed E-state index contributed by atoms with van der Waals surface area (Å²) in [4.78, 5) is 22.7. The molecule has 3 aromatic rings. The molecule has 0 saturated carbocycles. The second-order valence-corrected chi connectivity index (χ2v) is 8.61. The molecule has 1 aliphatic rings. The van der Waals surface area contributed by atoms with Gasteiger partial charge in [0, 0.05) is 31.4 Å². The average Bonchev–Trinajstić information content (AvgIpc) is 3.52. The predicted octanol–water partition coefficient (Wildman–Crippen LogP) is 4.65. The number of aryl methyl sites for hydroxylation is 1. The van der Waals surface area contributed by atoms with Crippen molar-refractivity contribution in [1.82, 2.24) is 9.78 Å². The van der Waals surface area contributed by atoms with Gasteiger partial charge in [-0.3, -0.25) is 19.5 Å². The van der Waals surface area contributed by atoms with Crippen LogP contribution in [-0.2, 0) is 30.9 Å². The van der Waals surface area contributed by atoms with E-state index in [4.69, 9.17) is 0 Å². The van der Waals surface area contributed by atoms with Gasteiger partial charge >= 0.3 is 6.18 Å². The van der Waals surface area contributed by atoms with Crippen molar-refractivity contribution in [3.8, 4) is 6.07 Å². The number of hydrogen-bond acceptors (Lipinski definition) is 6. The third-order valence-electron chi connectivity index (χ3n) is 6.17. The molecule has 1 aromatic heterocycles. The standard InChI is InChI=1S/C27H23F4N7O/c1-33-9-6-22(34-16-35-23-7-10-36-37(23)2)19-12-18-8-11-38(26(18)20(13-19)15-32)24(39)14-17-4-3-5-21(25(17)28)27(29,30)31/h3-7,9-10,12-13,35H,1,8,11,14,16H2,2H3/b9-6-,34-22?. The molecular weight excluding hydrogens is 514 g/mol. The van der Waals surface area contributed by atoms with Crippen LogP contribution >= 0.6 is 0 Å². The van der Waals surface area contributed by atoms with E-state index in [1.54, 1.807) is 42.2 Å². The van der Waals surface area contributed by atoms with Gasteiger partial charge in [-0.25, -0.2) is 4.39 Å². The molecule has 0 bridgehead atoms. The molecule has 0 saturated heterocycles. The molecule has 0 aliphatic carbocycles. The first-order valence-electron chi connectivity index (χ1n) is 11.7. The highest BCUT2D eigenvalue weighted by molar-refractivity contribution is 6.10. The Bertz CT molecular complexity index is 1520. The Morgan fingerprint density at radius 1 is 1.31 bits per heavy atom. The molecule has 0 radical (unpaired) electrons. The summed E-state index contributed by atoms with van der Waals surface area (Å²) >= 11 is 0. The number of benzene rings is 2. The Hall–Kier alpha value is -4.79. The van der Waals surface area contributed by atoms with Crippen LogP contribution in [0.25, 0.3) is 0 Å². The Morgan fingerprint density at radius 3 is 2.77 bits per heavy atom. The van der Waals surface area contributed by atoms with E-state index >= 15 is 0 Å². The zero-order chi connectivity index (χ0) is 28.2. The van der Waals surface area contributed by atoms with Gasteiger partial charge in [-0.05, 0) is 48.5 Å². The maximum atomic E-state index is 14.5. The number of amides is 1. The number of nitrogens with one attached hydrogen (secondary N) is 1. The summed E-state index contributed by atoms with van der Waals surface area (Å²) in [5.74, 6) is -1.33. The Morgan fingerprint density at radius 2 is 2.10 bits per heavy atom. The first-order valence-corrected chi connectivity index (χ1v) is 11.7. The van der Waals surface area contributed by atoms with Crippen LogP contribution in [0.3, 0.4) is 0 Å². The number of rotatable bonds is 8. The van der Waals surface area contributed by atoms with E-state index in [2.05, 4.69) is 33.2 Å². The number of aromatic nitrogens is 2. The minimum Gasteiger partial charge on any atom is -0.351 e. The molecule has 0 atom stereocenters. The quantitative estimate of drug-likeness (QED) is 0.334. The Kier molecular flexibility index (Phi) is 7.90. The Balaban J connectivity index is 1.62. The maximum Gasteiger partial charge on any atom is 0.419 e. The fourth-order valence-corrected chi connectivity index (χ4v) is 4.34. The van der Waals surface area contributed by atoms with Crippen LogP contribution in [0.4, 0.5) is 29.1 Å². The van der Waals surface area contributed by atoms with E-state index in [0.717, 1.165) is 18.0 Å². The van der Waals surface area contributed by atoms with Crippen molar-refractivity contribution in [3.63, 3.8) is 0 Å². The van der Waals surface area contributed by atoms with Gasteiger partial charge < -0.3 is 10.2 Å². The Labute approximate surface area is 221 Å². The maximum absolute atomic E-state index is 14.5. The molecule has 0 fully saturated rings. The van der Waals surface area contributed by atoms with Crippen molar-refractivity contribution in [2.75, 3.05) is 23.4 Å². The number of nitriles is 1. The molecule has 2 heterocycles. The van der Waals surface area contributed by atoms with Crippen molar-refractivity contribution in [3.05, 3.63) is 88.5 Å². The molecule has 4 rings (SSSR count). The zero-order valence-corrected chi connectivity index (χ0v) is 20.8. The molecular formula is C27H23F4N7O. The molecule has 0 spiro atoms. The second-order valence-electron chi connectivity index (χ2n) is 8.61. The number of carbonyl (C=O) groups excluding carboxylic acids is 1. The number of halogens is 4. The van der Waals surface area contributed by atoms with Crippen LogP contribution in [0.1, 0.15) is 27.8 Å². The minimum absolute atomic E-state index is 0.185. The van der Waals surface area contributed by atoms with Gasteiger partial charge in [0.05, 0.1) is 35.1 Å². The van der Waals surface area contributed by atoms with Gasteiger partial charge in [0.1, 0.15) is 24.4 Å². The number of hydrogen-bond donors (Lipinski definition) is 1. The monoisotopic (exact) mass is 537 g/mol. The van der Waals surface area contributed by atoms with E-state index < -0.39 is 29.9 Å². The molecule has 12 heteroatoms. The van der Waals surface area contributed by atoms with Crippen molar-refractivity contribution in [2.24, 2.45) is 17.0 Å². The number of aliphatic imine (C=N–C) groups is 2. The first-order chi connectivity index (χ1) is 18.6. The summed E-state index contributed by atoms with van der Waals surface area (Å²) in [6.07, 6.45) is -0.324. The third-order valence-corrected chi connectivity index (χ3v) is 6.17. The number of alkyl halides is 3. The van der Waals surface area contributed by atoms with Gasteiger partial charge in [0.15, 0.2) is 0 Å². The predicted molar refractivity (Wildman–Crippen MR) is 139 cm³/mol. The van der Waals surface area contributed by atoms with Gasteiger partial charge in [-0.15, -0.1) is 0 Å². The molecule has 8 nitrogen and oxygen atoms in total. The van der Waals surface area contributed by atoms with Crippen molar-refractivity contribution in [1.29, 1.82) is 5.26 Å². The van der Waals surface area contributed by atoms with Crippen LogP contribution < -0.4 is 10.2 Å². The molecule has 1 aliphatic heterocycles. The lowest BCUT2D eigenvalue weighted by atomic mass is 9.99. The highest BCUT2D eigenvalue weighted by Gasteiger charge is 2.36. The molecule has 39 heavy (non-hydrogen) atoms. The van der Waals surface area contributed by atoms with E-state index in [1.165, 1.54) is 11.1 Å². The minimum atomic E-state index is -4.88. The smallest absolute Gasteiger partial charge is 0.351 e. The normalized spacial score (nSPS) is 13.4. The van der Waals surface area contributed by atoms with E-state index in [-0.39, 0.29) is 24.3 Å². The van der Waals surface area contributed by atoms with E-state index in [9.17, 15) is 27.6 Å². The summed E-state index contributed by atoms with van der Waals surface area (Å²) in [5.41, 5.74) is 0.554. The summed E-state index contributed by atoms with van der Waals surface area (Å²) in [7, 11) is 1.78. The number of nitrogens with zero attached hydrogens (tertiary/aromatic N) is 6. The summed E-state index contributed by atoms with van der Waals surface area (Å²) < 4.78 is 55.5. The van der Waals surface area contributed by atoms with Crippen molar-refractivity contribution >= 4 is 29.8 Å². The lowest BCUT2D eigenvalue weighted by Gasteiger charge is -2.20. The lowest BCUT2D eigenvalue weighted by molar-refractivity contribution is -0.140. The topological polar surface area (TPSA) is 98.7 Å². The van der Waals surface area contributed by atoms with E-state index in [1.807, 2.05) is 0 Å².